The van der Waals surface area contributed by atoms with Crippen LogP contribution in [0.4, 0.5) is 8.78 Å². The Kier molecular flexibility index (Phi) is 6.34. The molecular weight excluding hydrogens is 440 g/mol. The van der Waals surface area contributed by atoms with E-state index in [2.05, 4.69) is 10.4 Å². The zero-order chi connectivity index (χ0) is 22.8. The maximum absolute atomic E-state index is 14.0. The summed E-state index contributed by atoms with van der Waals surface area (Å²) in [5, 5.41) is 17.0. The smallest absolute Gasteiger partial charge is 0.284 e. The number of nitrogens with one attached hydrogen (secondary N) is 1. The summed E-state index contributed by atoms with van der Waals surface area (Å²) in [5.74, 6) is -1.97. The lowest BCUT2D eigenvalue weighted by Gasteiger charge is -2.28. The van der Waals surface area contributed by atoms with Crippen LogP contribution in [0, 0.1) is 11.6 Å². The van der Waals surface area contributed by atoms with E-state index in [9.17, 15) is 23.5 Å². The lowest BCUT2D eigenvalue weighted by molar-refractivity contribution is 0.0716. The van der Waals surface area contributed by atoms with E-state index in [-0.39, 0.29) is 27.5 Å². The van der Waals surface area contributed by atoms with Gasteiger partial charge in [-0.25, -0.2) is 8.78 Å². The molecule has 1 aliphatic rings. The fraction of sp³-hybridized carbons (Fsp3) is 0.261. The topological polar surface area (TPSA) is 84.2 Å². The molecule has 0 saturated heterocycles. The summed E-state index contributed by atoms with van der Waals surface area (Å²) in [6.07, 6.45) is 2.16. The van der Waals surface area contributed by atoms with Gasteiger partial charge in [-0.2, -0.15) is 9.78 Å². The number of aliphatic hydroxyl groups excluding tert-OH is 1. The molecule has 1 amide bonds. The normalized spacial score (nSPS) is 18.4. The van der Waals surface area contributed by atoms with E-state index in [4.69, 9.17) is 11.6 Å². The van der Waals surface area contributed by atoms with Crippen molar-refractivity contribution in [2.45, 2.75) is 37.8 Å². The molecule has 2 unspecified atom stereocenters. The molecule has 6 nitrogen and oxygen atoms in total. The van der Waals surface area contributed by atoms with Crippen LogP contribution in [0.15, 0.2) is 53.3 Å². The molecule has 1 heterocycles. The van der Waals surface area contributed by atoms with Crippen LogP contribution in [0.25, 0.3) is 16.9 Å². The van der Waals surface area contributed by atoms with Gasteiger partial charge in [0.05, 0.1) is 28.5 Å². The number of hydrogen-bond donors (Lipinski definition) is 2. The second-order valence-electron chi connectivity index (χ2n) is 7.70. The van der Waals surface area contributed by atoms with E-state index in [1.165, 1.54) is 36.4 Å². The van der Waals surface area contributed by atoms with Gasteiger partial charge < -0.3 is 10.4 Å². The molecular formula is C23H20ClF2N3O3. The van der Waals surface area contributed by atoms with Gasteiger partial charge in [0.1, 0.15) is 17.2 Å². The highest BCUT2D eigenvalue weighted by molar-refractivity contribution is 6.30. The molecule has 2 N–H and O–H groups in total. The molecule has 0 aliphatic heterocycles. The number of hydrogen-bond acceptors (Lipinski definition) is 4. The predicted octanol–water partition coefficient (Wildman–Crippen LogP) is 3.86. The summed E-state index contributed by atoms with van der Waals surface area (Å²) in [7, 11) is 0. The van der Waals surface area contributed by atoms with E-state index in [1.54, 1.807) is 0 Å². The molecule has 0 spiro atoms. The molecule has 9 heteroatoms. The molecule has 0 radical (unpaired) electrons. The Hall–Kier alpha value is -3.10. The van der Waals surface area contributed by atoms with Crippen LogP contribution in [0.2, 0.25) is 5.02 Å². The van der Waals surface area contributed by atoms with Gasteiger partial charge in [0, 0.05) is 5.56 Å². The van der Waals surface area contributed by atoms with Crippen LogP contribution in [-0.4, -0.2) is 32.9 Å². The molecule has 1 saturated carbocycles. The number of aromatic nitrogens is 2. The van der Waals surface area contributed by atoms with Crippen molar-refractivity contribution in [1.29, 1.82) is 0 Å². The monoisotopic (exact) mass is 459 g/mol. The maximum Gasteiger partial charge on any atom is 0.284 e. The average Bonchev–Trinajstić information content (AvgIpc) is 2.77. The second-order valence-corrected chi connectivity index (χ2v) is 8.11. The van der Waals surface area contributed by atoms with Gasteiger partial charge in [-0.3, -0.25) is 9.59 Å². The van der Waals surface area contributed by atoms with Crippen molar-refractivity contribution >= 4 is 17.5 Å². The standard InChI is InChI=1S/C23H20ClF2N3O3/c24-17-9-8-13(10-18(17)26)20-12-16(22(31)27-19-6-1-2-7-21(19)30)23(32)29(28-20)15-5-3-4-14(25)11-15/h3-5,8-12,19,21,30H,1-2,6-7H2,(H,27,31). The van der Waals surface area contributed by atoms with E-state index >= 15 is 0 Å². The SMILES string of the molecule is O=C(NC1CCCCC1O)c1cc(-c2ccc(Cl)c(F)c2)nn(-c2cccc(F)c2)c1=O. The highest BCUT2D eigenvalue weighted by atomic mass is 35.5. The van der Waals surface area contributed by atoms with Gasteiger partial charge in [0.15, 0.2) is 0 Å². The number of aliphatic hydroxyl groups is 1. The van der Waals surface area contributed by atoms with Gasteiger partial charge in [0.2, 0.25) is 0 Å². The number of halogens is 3. The van der Waals surface area contributed by atoms with Gasteiger partial charge in [-0.1, -0.05) is 36.6 Å². The van der Waals surface area contributed by atoms with Crippen LogP contribution in [-0.2, 0) is 0 Å². The number of benzene rings is 2. The van der Waals surface area contributed by atoms with Crippen LogP contribution < -0.4 is 10.9 Å². The first-order chi connectivity index (χ1) is 15.3. The first-order valence-electron chi connectivity index (χ1n) is 10.2. The second kappa shape index (κ2) is 9.18. The summed E-state index contributed by atoms with van der Waals surface area (Å²) in [5.41, 5.74) is -0.510. The van der Waals surface area contributed by atoms with E-state index in [0.29, 0.717) is 12.8 Å². The number of rotatable bonds is 4. The highest BCUT2D eigenvalue weighted by Gasteiger charge is 2.27. The molecule has 32 heavy (non-hydrogen) atoms. The van der Waals surface area contributed by atoms with E-state index in [1.807, 2.05) is 0 Å². The number of carbonyl (C=O) groups excluding carboxylic acids is 1. The molecule has 3 aromatic rings. The van der Waals surface area contributed by atoms with Crippen LogP contribution >= 0.6 is 11.6 Å². The largest absolute Gasteiger partial charge is 0.391 e. The van der Waals surface area contributed by atoms with Crippen molar-refractivity contribution in [3.8, 4) is 16.9 Å². The number of amides is 1. The molecule has 4 rings (SSSR count). The third-order valence-corrected chi connectivity index (χ3v) is 5.78. The summed E-state index contributed by atoms with van der Waals surface area (Å²) in [6, 6.07) is 9.94. The molecule has 0 bridgehead atoms. The summed E-state index contributed by atoms with van der Waals surface area (Å²) < 4.78 is 28.7. The quantitative estimate of drug-likeness (QED) is 0.620. The van der Waals surface area contributed by atoms with Crippen molar-refractivity contribution in [2.75, 3.05) is 0 Å². The Morgan fingerprint density at radius 3 is 2.62 bits per heavy atom. The minimum atomic E-state index is -0.767. The Balaban J connectivity index is 1.82. The van der Waals surface area contributed by atoms with Crippen molar-refractivity contribution in [1.82, 2.24) is 15.1 Å². The predicted molar refractivity (Wildman–Crippen MR) is 116 cm³/mol. The molecule has 1 aliphatic carbocycles. The van der Waals surface area contributed by atoms with Crippen molar-refractivity contribution in [2.24, 2.45) is 0 Å². The van der Waals surface area contributed by atoms with Crippen LogP contribution in [0.5, 0.6) is 0 Å². The molecule has 166 valence electrons. The van der Waals surface area contributed by atoms with Crippen LogP contribution in [0.3, 0.4) is 0 Å². The Labute approximate surface area is 187 Å². The molecule has 1 aromatic heterocycles. The minimum absolute atomic E-state index is 0.0866. The number of carbonyl (C=O) groups is 1. The zero-order valence-corrected chi connectivity index (χ0v) is 17.6. The van der Waals surface area contributed by atoms with E-state index in [0.717, 1.165) is 29.7 Å². The summed E-state index contributed by atoms with van der Waals surface area (Å²) >= 11 is 5.76. The first kappa shape index (κ1) is 22.1. The van der Waals surface area contributed by atoms with Crippen molar-refractivity contribution in [3.63, 3.8) is 0 Å². The maximum atomic E-state index is 14.0. The summed E-state index contributed by atoms with van der Waals surface area (Å²) in [6.45, 7) is 0. The molecule has 2 aromatic carbocycles. The fourth-order valence-electron chi connectivity index (χ4n) is 3.76. The number of nitrogens with zero attached hydrogens (tertiary/aromatic N) is 2. The molecule has 2 atom stereocenters. The average molecular weight is 460 g/mol. The highest BCUT2D eigenvalue weighted by Crippen LogP contribution is 2.24. The Morgan fingerprint density at radius 1 is 1.12 bits per heavy atom. The Bertz CT molecular complexity index is 1230. The van der Waals surface area contributed by atoms with Gasteiger partial charge >= 0.3 is 0 Å². The lowest BCUT2D eigenvalue weighted by Crippen LogP contribution is -2.46. The lowest BCUT2D eigenvalue weighted by atomic mass is 9.92. The third kappa shape index (κ3) is 4.56. The van der Waals surface area contributed by atoms with Gasteiger partial charge in [0.25, 0.3) is 11.5 Å². The van der Waals surface area contributed by atoms with Crippen molar-refractivity contribution in [3.05, 3.63) is 81.1 Å². The molecule has 1 fully saturated rings. The Morgan fingerprint density at radius 2 is 1.91 bits per heavy atom. The first-order valence-corrected chi connectivity index (χ1v) is 10.6. The third-order valence-electron chi connectivity index (χ3n) is 5.47. The van der Waals surface area contributed by atoms with Gasteiger partial charge in [-0.05, 0) is 49.2 Å². The fourth-order valence-corrected chi connectivity index (χ4v) is 3.88. The minimum Gasteiger partial charge on any atom is -0.391 e. The van der Waals surface area contributed by atoms with Crippen molar-refractivity contribution < 1.29 is 18.7 Å². The summed E-state index contributed by atoms with van der Waals surface area (Å²) in [4.78, 5) is 26.1. The zero-order valence-electron chi connectivity index (χ0n) is 16.9. The van der Waals surface area contributed by atoms with Crippen LogP contribution in [0.1, 0.15) is 36.0 Å². The van der Waals surface area contributed by atoms with E-state index < -0.39 is 35.2 Å². The van der Waals surface area contributed by atoms with Gasteiger partial charge in [-0.15, -0.1) is 0 Å².